The highest BCUT2D eigenvalue weighted by Crippen LogP contribution is 2.38. The van der Waals surface area contributed by atoms with Gasteiger partial charge in [0.05, 0.1) is 22.1 Å². The lowest BCUT2D eigenvalue weighted by Crippen LogP contribution is -2.41. The predicted molar refractivity (Wildman–Crippen MR) is 199 cm³/mol. The first kappa shape index (κ1) is 34.5. The zero-order chi connectivity index (χ0) is 35.3. The van der Waals surface area contributed by atoms with Gasteiger partial charge >= 0.3 is 0 Å². The van der Waals surface area contributed by atoms with Crippen LogP contribution in [0.1, 0.15) is 96.0 Å². The van der Waals surface area contributed by atoms with Gasteiger partial charge in [-0.15, -0.1) is 0 Å². The maximum atomic E-state index is 13.7. The van der Waals surface area contributed by atoms with Crippen molar-refractivity contribution in [2.75, 3.05) is 23.7 Å². The van der Waals surface area contributed by atoms with Crippen LogP contribution in [0.5, 0.6) is 0 Å². The van der Waals surface area contributed by atoms with Gasteiger partial charge in [0.15, 0.2) is 11.6 Å². The van der Waals surface area contributed by atoms with Crippen molar-refractivity contribution in [2.24, 2.45) is 20.0 Å². The minimum Gasteiger partial charge on any atom is -0.327 e. The van der Waals surface area contributed by atoms with Crippen LogP contribution in [-0.2, 0) is 40.0 Å². The number of halogens is 1. The molecular weight excluding hydrogens is 648 g/mol. The van der Waals surface area contributed by atoms with E-state index in [9.17, 15) is 9.59 Å². The highest BCUT2D eigenvalue weighted by molar-refractivity contribution is 6.36. The molecule has 10 nitrogen and oxygen atoms in total. The number of aromatic nitrogens is 4. The van der Waals surface area contributed by atoms with Gasteiger partial charge < -0.3 is 19.8 Å². The van der Waals surface area contributed by atoms with Crippen LogP contribution < -0.4 is 10.6 Å². The fourth-order valence-electron chi connectivity index (χ4n) is 8.12. The summed E-state index contributed by atoms with van der Waals surface area (Å²) < 4.78 is 3.87. The Balaban J connectivity index is 1.07. The normalized spacial score (nSPS) is 19.7. The summed E-state index contributed by atoms with van der Waals surface area (Å²) in [6.45, 7) is 12.2. The van der Waals surface area contributed by atoms with Crippen molar-refractivity contribution in [3.05, 3.63) is 81.4 Å². The number of hydrogen-bond acceptors (Lipinski definition) is 6. The number of rotatable bonds is 7. The second kappa shape index (κ2) is 14.0. The van der Waals surface area contributed by atoms with E-state index in [0.717, 1.165) is 84.4 Å². The van der Waals surface area contributed by atoms with E-state index in [2.05, 4.69) is 41.2 Å². The summed E-state index contributed by atoms with van der Waals surface area (Å²) in [6, 6.07) is 12.4. The number of benzene rings is 2. The highest BCUT2D eigenvalue weighted by atomic mass is 35.5. The summed E-state index contributed by atoms with van der Waals surface area (Å²) in [6.07, 6.45) is 6.82. The van der Waals surface area contributed by atoms with Crippen molar-refractivity contribution < 1.29 is 9.59 Å². The fourth-order valence-corrected chi connectivity index (χ4v) is 8.39. The lowest BCUT2D eigenvalue weighted by molar-refractivity contribution is 0.100. The molecule has 2 amide bonds. The molecule has 4 aromatic rings. The van der Waals surface area contributed by atoms with E-state index in [1.54, 1.807) is 6.07 Å². The molecule has 1 fully saturated rings. The molecule has 0 atom stereocenters. The molecule has 2 aliphatic heterocycles. The van der Waals surface area contributed by atoms with Crippen molar-refractivity contribution in [3.8, 4) is 11.1 Å². The number of anilines is 2. The fraction of sp³-hybridized carbons (Fsp3) is 0.487. The molecule has 4 heterocycles. The van der Waals surface area contributed by atoms with Gasteiger partial charge in [-0.1, -0.05) is 42.8 Å². The molecule has 264 valence electrons. The van der Waals surface area contributed by atoms with Gasteiger partial charge in [0.1, 0.15) is 0 Å². The molecular formula is C39H49ClN8O2. The van der Waals surface area contributed by atoms with Gasteiger partial charge in [0, 0.05) is 87.8 Å². The molecule has 0 radical (unpaired) electrons. The number of imidazole rings is 2. The molecule has 1 aliphatic carbocycles. The first-order valence-corrected chi connectivity index (χ1v) is 18.5. The molecule has 0 unspecified atom stereocenters. The quantitative estimate of drug-likeness (QED) is 0.216. The minimum atomic E-state index is -0.302. The number of carbonyl (C=O) groups is 2. The van der Waals surface area contributed by atoms with Crippen LogP contribution in [0.3, 0.4) is 0 Å². The average molecular weight is 697 g/mol. The Kier molecular flexibility index (Phi) is 9.62. The number of nitrogens with zero attached hydrogens (tertiary/aromatic N) is 6. The molecule has 0 saturated heterocycles. The van der Waals surface area contributed by atoms with Gasteiger partial charge in [-0.3, -0.25) is 19.4 Å². The Morgan fingerprint density at radius 2 is 1.36 bits per heavy atom. The first-order chi connectivity index (χ1) is 24.0. The van der Waals surface area contributed by atoms with Crippen LogP contribution in [0.15, 0.2) is 36.4 Å². The number of hydrogen-bond donors (Lipinski definition) is 2. The summed E-state index contributed by atoms with van der Waals surface area (Å²) in [5.74, 6) is 1.08. The third kappa shape index (κ3) is 6.49. The van der Waals surface area contributed by atoms with E-state index in [-0.39, 0.29) is 11.8 Å². The van der Waals surface area contributed by atoms with Gasteiger partial charge in [0.25, 0.3) is 11.8 Å². The largest absolute Gasteiger partial charge is 0.327 e. The molecule has 11 heteroatoms. The first-order valence-electron chi connectivity index (χ1n) is 18.1. The minimum absolute atomic E-state index is 0.235. The van der Waals surface area contributed by atoms with E-state index in [1.807, 2.05) is 60.5 Å². The highest BCUT2D eigenvalue weighted by Gasteiger charge is 2.31. The number of fused-ring (bicyclic) bond motifs is 2. The third-order valence-corrected chi connectivity index (χ3v) is 11.7. The standard InChI is InChI=1S/C39H49ClN8O2/c1-23(2)47-19-17-33-31(21-47)41-37(45(33)5)39(50)44-30-12-8-10-28(35(30)40)27-9-7-11-29(25(27)4)43-38(49)36-42-32-22-48(20-18-34(32)46(36)6)26-15-13-24(3)14-16-26/h7-12,23-24,26H,13-22H2,1-6H3,(H,43,49)(H,44,50). The van der Waals surface area contributed by atoms with Crippen molar-refractivity contribution >= 4 is 34.8 Å². The van der Waals surface area contributed by atoms with E-state index >= 15 is 0 Å². The molecule has 2 N–H and O–H groups in total. The van der Waals surface area contributed by atoms with Crippen LogP contribution in [0, 0.1) is 12.8 Å². The van der Waals surface area contributed by atoms with Gasteiger partial charge in [-0.2, -0.15) is 0 Å². The second-order valence-electron chi connectivity index (χ2n) is 14.8. The third-order valence-electron chi connectivity index (χ3n) is 11.3. The zero-order valence-electron chi connectivity index (χ0n) is 30.1. The van der Waals surface area contributed by atoms with Gasteiger partial charge in [0.2, 0.25) is 0 Å². The second-order valence-corrected chi connectivity index (χ2v) is 15.2. The predicted octanol–water partition coefficient (Wildman–Crippen LogP) is 6.99. The molecule has 1 saturated carbocycles. The monoisotopic (exact) mass is 696 g/mol. The molecule has 2 aromatic heterocycles. The van der Waals surface area contributed by atoms with E-state index in [0.29, 0.717) is 40.1 Å². The molecule has 0 spiro atoms. The summed E-state index contributed by atoms with van der Waals surface area (Å²) in [7, 11) is 3.85. The van der Waals surface area contributed by atoms with Crippen molar-refractivity contribution in [1.29, 1.82) is 0 Å². The maximum Gasteiger partial charge on any atom is 0.291 e. The topological polar surface area (TPSA) is 100 Å². The molecule has 0 bridgehead atoms. The summed E-state index contributed by atoms with van der Waals surface area (Å²) in [4.78, 5) is 41.8. The smallest absolute Gasteiger partial charge is 0.291 e. The van der Waals surface area contributed by atoms with Crippen LogP contribution in [-0.4, -0.2) is 65.9 Å². The summed E-state index contributed by atoms with van der Waals surface area (Å²) in [5, 5.41) is 6.57. The van der Waals surface area contributed by atoms with Gasteiger partial charge in [-0.25, -0.2) is 9.97 Å². The average Bonchev–Trinajstić information content (AvgIpc) is 3.62. The maximum absolute atomic E-state index is 13.7. The van der Waals surface area contributed by atoms with E-state index in [4.69, 9.17) is 21.6 Å². The van der Waals surface area contributed by atoms with Crippen molar-refractivity contribution in [1.82, 2.24) is 28.9 Å². The Bertz CT molecular complexity index is 1940. The van der Waals surface area contributed by atoms with Crippen molar-refractivity contribution in [3.63, 3.8) is 0 Å². The Hall–Kier alpha value is -3.99. The Morgan fingerprint density at radius 1 is 0.800 bits per heavy atom. The number of nitrogens with one attached hydrogen (secondary N) is 2. The Labute approximate surface area is 300 Å². The molecule has 50 heavy (non-hydrogen) atoms. The molecule has 7 rings (SSSR count). The van der Waals surface area contributed by atoms with Crippen LogP contribution in [0.25, 0.3) is 11.1 Å². The molecule has 3 aliphatic rings. The van der Waals surface area contributed by atoms with Crippen molar-refractivity contribution in [2.45, 2.75) is 91.4 Å². The lowest BCUT2D eigenvalue weighted by atomic mass is 9.86. The number of carbonyl (C=O) groups excluding carboxylic acids is 2. The van der Waals surface area contributed by atoms with Crippen LogP contribution >= 0.6 is 11.6 Å². The summed E-state index contributed by atoms with van der Waals surface area (Å²) in [5.41, 5.74) is 7.90. The van der Waals surface area contributed by atoms with Gasteiger partial charge in [-0.05, 0) is 75.6 Å². The number of amides is 2. The van der Waals surface area contributed by atoms with Crippen LogP contribution in [0.4, 0.5) is 11.4 Å². The van der Waals surface area contributed by atoms with E-state index < -0.39 is 0 Å². The zero-order valence-corrected chi connectivity index (χ0v) is 30.9. The molecule has 2 aromatic carbocycles. The Morgan fingerprint density at radius 3 is 2.00 bits per heavy atom. The van der Waals surface area contributed by atoms with Crippen LogP contribution in [0.2, 0.25) is 5.02 Å². The summed E-state index contributed by atoms with van der Waals surface area (Å²) >= 11 is 7.00. The SMILES string of the molecule is Cc1c(NC(=O)c2nc3c(n2C)CCN(C2CCC(C)CC2)C3)cccc1-c1cccc(NC(=O)c2nc3c(n2C)CCN(C(C)C)C3)c1Cl. The van der Waals surface area contributed by atoms with E-state index in [1.165, 1.54) is 25.7 Å². The lowest BCUT2D eigenvalue weighted by Gasteiger charge is -2.38.